The van der Waals surface area contributed by atoms with E-state index in [1.807, 2.05) is 24.3 Å². The number of carbonyl (C=O) groups is 2. The van der Waals surface area contributed by atoms with Crippen LogP contribution in [0.15, 0.2) is 28.7 Å². The van der Waals surface area contributed by atoms with E-state index < -0.39 is 11.4 Å². The molecule has 0 saturated heterocycles. The van der Waals surface area contributed by atoms with Gasteiger partial charge in [-0.15, -0.1) is 0 Å². The van der Waals surface area contributed by atoms with Gasteiger partial charge in [0, 0.05) is 30.5 Å². The number of para-hydroxylation sites is 1. The minimum atomic E-state index is -1.20. The van der Waals surface area contributed by atoms with E-state index in [4.69, 9.17) is 4.42 Å². The highest BCUT2D eigenvalue weighted by atomic mass is 16.4. The molecule has 1 aliphatic heterocycles. The third-order valence-electron chi connectivity index (χ3n) is 6.61. The second kappa shape index (κ2) is 4.87. The fraction of sp³-hybridized carbons (Fsp3) is 0.500. The monoisotopic (exact) mass is 339 g/mol. The van der Waals surface area contributed by atoms with Crippen LogP contribution in [0.3, 0.4) is 0 Å². The number of rotatable bonds is 2. The highest BCUT2D eigenvalue weighted by molar-refractivity contribution is 6.03. The van der Waals surface area contributed by atoms with Crippen molar-refractivity contribution in [1.82, 2.24) is 4.90 Å². The number of benzene rings is 1. The Morgan fingerprint density at radius 3 is 2.60 bits per heavy atom. The maximum Gasteiger partial charge on any atom is 0.319 e. The number of furan rings is 1. The SMILES string of the molecule is O=C(O)C1(C(=O)N2CCc3oc4ccccc4c3C2)CC2(CCC2)C1. The van der Waals surface area contributed by atoms with Crippen LogP contribution in [0.1, 0.15) is 43.4 Å². The number of hydrogen-bond acceptors (Lipinski definition) is 3. The third kappa shape index (κ3) is 1.95. The van der Waals surface area contributed by atoms with Gasteiger partial charge in [-0.1, -0.05) is 24.6 Å². The van der Waals surface area contributed by atoms with Gasteiger partial charge in [-0.05, 0) is 37.2 Å². The molecule has 2 aromatic rings. The van der Waals surface area contributed by atoms with Gasteiger partial charge < -0.3 is 14.4 Å². The Labute approximate surface area is 145 Å². The van der Waals surface area contributed by atoms with Crippen LogP contribution >= 0.6 is 0 Å². The van der Waals surface area contributed by atoms with Gasteiger partial charge in [0.05, 0.1) is 0 Å². The van der Waals surface area contributed by atoms with E-state index in [0.29, 0.717) is 32.4 Å². The van der Waals surface area contributed by atoms with Crippen molar-refractivity contribution in [3.05, 3.63) is 35.6 Å². The van der Waals surface area contributed by atoms with Crippen LogP contribution in [0.4, 0.5) is 0 Å². The maximum absolute atomic E-state index is 13.2. The van der Waals surface area contributed by atoms with E-state index in [1.54, 1.807) is 4.90 Å². The number of carbonyl (C=O) groups excluding carboxylic acids is 1. The van der Waals surface area contributed by atoms with Gasteiger partial charge in [-0.2, -0.15) is 0 Å². The number of carboxylic acid groups (broad SMARTS) is 1. The molecule has 3 aliphatic rings. The summed E-state index contributed by atoms with van der Waals surface area (Å²) in [5, 5.41) is 10.8. The molecule has 2 fully saturated rings. The Balaban J connectivity index is 1.44. The van der Waals surface area contributed by atoms with E-state index in [9.17, 15) is 14.7 Å². The second-order valence-electron chi connectivity index (χ2n) is 8.07. The average molecular weight is 339 g/mol. The molecular formula is C20H21NO4. The number of nitrogens with zero attached hydrogens (tertiary/aromatic N) is 1. The summed E-state index contributed by atoms with van der Waals surface area (Å²) >= 11 is 0. The molecule has 0 bridgehead atoms. The summed E-state index contributed by atoms with van der Waals surface area (Å²) in [4.78, 5) is 26.9. The van der Waals surface area contributed by atoms with Crippen molar-refractivity contribution >= 4 is 22.8 Å². The van der Waals surface area contributed by atoms with Crippen molar-refractivity contribution in [3.8, 4) is 0 Å². The van der Waals surface area contributed by atoms with Crippen LogP contribution in [0.5, 0.6) is 0 Å². The lowest BCUT2D eigenvalue weighted by Crippen LogP contribution is -2.62. The van der Waals surface area contributed by atoms with Gasteiger partial charge in [0.15, 0.2) is 0 Å². The van der Waals surface area contributed by atoms with Gasteiger partial charge in [0.25, 0.3) is 0 Å². The molecule has 130 valence electrons. The van der Waals surface area contributed by atoms with Crippen LogP contribution < -0.4 is 0 Å². The van der Waals surface area contributed by atoms with Crippen molar-refractivity contribution in [1.29, 1.82) is 0 Å². The Hall–Kier alpha value is -2.30. The molecule has 2 aliphatic carbocycles. The zero-order valence-corrected chi connectivity index (χ0v) is 14.1. The second-order valence-corrected chi connectivity index (χ2v) is 8.07. The van der Waals surface area contributed by atoms with Crippen molar-refractivity contribution in [2.45, 2.75) is 45.1 Å². The van der Waals surface area contributed by atoms with Crippen LogP contribution in [-0.2, 0) is 22.6 Å². The molecule has 1 aromatic carbocycles. The Bertz CT molecular complexity index is 884. The molecule has 1 N–H and O–H groups in total. The minimum Gasteiger partial charge on any atom is -0.480 e. The van der Waals surface area contributed by atoms with Gasteiger partial charge in [-0.3, -0.25) is 9.59 Å². The van der Waals surface area contributed by atoms with Crippen molar-refractivity contribution in [2.75, 3.05) is 6.54 Å². The van der Waals surface area contributed by atoms with Gasteiger partial charge >= 0.3 is 5.97 Å². The van der Waals surface area contributed by atoms with E-state index in [1.165, 1.54) is 0 Å². The molecule has 0 atom stereocenters. The van der Waals surface area contributed by atoms with E-state index in [2.05, 4.69) is 0 Å². The normalized spacial score (nSPS) is 23.0. The lowest BCUT2D eigenvalue weighted by molar-refractivity contribution is -0.187. The number of fused-ring (bicyclic) bond motifs is 3. The van der Waals surface area contributed by atoms with Gasteiger partial charge in [0.2, 0.25) is 5.91 Å². The summed E-state index contributed by atoms with van der Waals surface area (Å²) in [5.74, 6) is -0.218. The molecule has 1 amide bonds. The molecule has 2 heterocycles. The zero-order chi connectivity index (χ0) is 17.2. The quantitative estimate of drug-likeness (QED) is 0.852. The highest BCUT2D eigenvalue weighted by Gasteiger charge is 2.65. The first kappa shape index (κ1) is 15.0. The van der Waals surface area contributed by atoms with Crippen molar-refractivity contribution in [2.24, 2.45) is 10.8 Å². The molecule has 0 unspecified atom stereocenters. The largest absolute Gasteiger partial charge is 0.480 e. The maximum atomic E-state index is 13.2. The molecule has 25 heavy (non-hydrogen) atoms. The predicted octanol–water partition coefficient (Wildman–Crippen LogP) is 3.35. The van der Waals surface area contributed by atoms with Gasteiger partial charge in [-0.25, -0.2) is 0 Å². The fourth-order valence-corrected chi connectivity index (χ4v) is 5.16. The number of aliphatic carboxylic acids is 1. The van der Waals surface area contributed by atoms with Gasteiger partial charge in [0.1, 0.15) is 16.8 Å². The summed E-state index contributed by atoms with van der Waals surface area (Å²) < 4.78 is 5.90. The molecule has 5 nitrogen and oxygen atoms in total. The first-order valence-electron chi connectivity index (χ1n) is 9.05. The van der Waals surface area contributed by atoms with E-state index >= 15 is 0 Å². The van der Waals surface area contributed by atoms with Crippen LogP contribution in [0, 0.1) is 10.8 Å². The van der Waals surface area contributed by atoms with Crippen LogP contribution in [0.2, 0.25) is 0 Å². The summed E-state index contributed by atoms with van der Waals surface area (Å²) in [6.45, 7) is 0.987. The Kier molecular flexibility index (Phi) is 2.92. The first-order valence-corrected chi connectivity index (χ1v) is 9.05. The van der Waals surface area contributed by atoms with Crippen molar-refractivity contribution in [3.63, 3.8) is 0 Å². The molecular weight excluding hydrogens is 318 g/mol. The smallest absolute Gasteiger partial charge is 0.319 e. The van der Waals surface area contributed by atoms with E-state index in [-0.39, 0.29) is 11.3 Å². The summed E-state index contributed by atoms with van der Waals surface area (Å²) in [7, 11) is 0. The highest BCUT2D eigenvalue weighted by Crippen LogP contribution is 2.65. The van der Waals surface area contributed by atoms with Crippen LogP contribution in [-0.4, -0.2) is 28.4 Å². The molecule has 5 heteroatoms. The van der Waals surface area contributed by atoms with E-state index in [0.717, 1.165) is 41.6 Å². The molecule has 1 spiro atoms. The third-order valence-corrected chi connectivity index (χ3v) is 6.61. The molecule has 2 saturated carbocycles. The fourth-order valence-electron chi connectivity index (χ4n) is 5.16. The topological polar surface area (TPSA) is 70.8 Å². The predicted molar refractivity (Wildman–Crippen MR) is 90.9 cm³/mol. The summed E-state index contributed by atoms with van der Waals surface area (Å²) in [6.07, 6.45) is 5.00. The van der Waals surface area contributed by atoms with Crippen LogP contribution in [0.25, 0.3) is 11.0 Å². The average Bonchev–Trinajstić information content (AvgIpc) is 2.90. The minimum absolute atomic E-state index is 0.136. The lowest BCUT2D eigenvalue weighted by atomic mass is 9.45. The molecule has 0 radical (unpaired) electrons. The Morgan fingerprint density at radius 1 is 1.16 bits per heavy atom. The first-order chi connectivity index (χ1) is 12.0. The lowest BCUT2D eigenvalue weighted by Gasteiger charge is -2.58. The zero-order valence-electron chi connectivity index (χ0n) is 14.1. The van der Waals surface area contributed by atoms with Crippen molar-refractivity contribution < 1.29 is 19.1 Å². The number of hydrogen-bond donors (Lipinski definition) is 1. The number of amides is 1. The number of carboxylic acids is 1. The molecule has 5 rings (SSSR count). The Morgan fingerprint density at radius 2 is 1.92 bits per heavy atom. The summed E-state index contributed by atoms with van der Waals surface area (Å²) in [5.41, 5.74) is 0.814. The standard InChI is InChI=1S/C20H21NO4/c22-17(20(18(23)24)11-19(12-20)7-3-8-19)21-9-6-16-14(10-21)13-4-1-2-5-15(13)25-16/h1-2,4-5H,3,6-12H2,(H,23,24). The molecule has 1 aromatic heterocycles. The summed E-state index contributed by atoms with van der Waals surface area (Å²) in [6, 6.07) is 7.84.